The number of aliphatic hydroxyl groups is 6. The van der Waals surface area contributed by atoms with E-state index in [1.807, 2.05) is 24.3 Å². The minimum Gasteiger partial charge on any atom is -0.504 e. The van der Waals surface area contributed by atoms with Crippen molar-refractivity contribution in [2.24, 2.45) is 17.4 Å². The minimum atomic E-state index is -2.04. The van der Waals surface area contributed by atoms with Gasteiger partial charge in [-0.3, -0.25) is 33.6 Å². The Hall–Kier alpha value is -7.45. The number of benzene rings is 3. The van der Waals surface area contributed by atoms with Gasteiger partial charge in [0.05, 0.1) is 49.8 Å². The normalized spacial score (nSPS) is 25.1. The second kappa shape index (κ2) is 32.9. The molecule has 3 saturated heterocycles. The molecule has 4 aromatic rings. The number of carbonyl (C=O) groups is 7. The number of aromatic hydroxyl groups is 1. The molecule has 0 saturated carbocycles. The van der Waals surface area contributed by atoms with E-state index in [1.165, 1.54) is 48.6 Å². The lowest BCUT2D eigenvalue weighted by atomic mass is 9.98. The maximum atomic E-state index is 14.7. The summed E-state index contributed by atoms with van der Waals surface area (Å²) in [5.74, 6) is -7.88. The zero-order valence-corrected chi connectivity index (χ0v) is 50.8. The van der Waals surface area contributed by atoms with Crippen molar-refractivity contribution in [1.82, 2.24) is 46.6 Å². The van der Waals surface area contributed by atoms with Crippen LogP contribution in [0.5, 0.6) is 17.2 Å². The van der Waals surface area contributed by atoms with Gasteiger partial charge in [-0.25, -0.2) is 0 Å². The standard InChI is InChI=1S/C60H83N11O17S/c1-32-30-71-50(51(32)78)56(83)63-29-38(73)27-41(64-52(79)35-10-12-36(13-11-35)57-68-69-58(89-57)37-14-16-40(17-15-37)87-23-7-5-4-6-22-86-3)53(80)65-47(33(2)72)59(84)70-31-39(74)28-42(70)54(81)66-48(55(82)67-49(60(71)85)44(76)19-21-62)45(77)25-34-9-18-43(75)46(26-34)88-24-8-20-61/h9-18,26,32-33,38-39,41-42,44-45,47-51,72-78H,4-8,19-25,27-31,61-62H2,1-3H3,(H,63,83)(H,64,79)(H,65,80)(H,66,81)(H,67,82)/t32-,33+,38+,39+,41?,42-,44+,45+,47-,48-,49-,50-,51-/m0/s1. The van der Waals surface area contributed by atoms with Crippen LogP contribution < -0.4 is 47.5 Å². The third-order valence-corrected chi connectivity index (χ3v) is 16.7. The first-order chi connectivity index (χ1) is 42.6. The number of unbranched alkanes of at least 4 members (excludes halogenated alkanes) is 3. The average Bonchev–Trinajstić information content (AvgIpc) is 2.51. The van der Waals surface area contributed by atoms with Gasteiger partial charge in [0, 0.05) is 75.2 Å². The number of amides is 7. The number of aliphatic hydroxyl groups excluding tert-OH is 6. The second-order valence-electron chi connectivity index (χ2n) is 22.6. The smallest absolute Gasteiger partial charge is 0.251 e. The number of rotatable bonds is 23. The third-order valence-electron chi connectivity index (χ3n) is 15.7. The van der Waals surface area contributed by atoms with Gasteiger partial charge in [0.2, 0.25) is 35.4 Å². The molecule has 29 heteroatoms. The fraction of sp³-hybridized carbons (Fsp3) is 0.550. The molecular weight excluding hydrogens is 1180 g/mol. The summed E-state index contributed by atoms with van der Waals surface area (Å²) >= 11 is 1.30. The zero-order valence-electron chi connectivity index (χ0n) is 49.9. The van der Waals surface area contributed by atoms with E-state index in [-0.39, 0.29) is 55.3 Å². The molecule has 486 valence electrons. The van der Waals surface area contributed by atoms with Crippen LogP contribution >= 0.6 is 11.3 Å². The molecule has 3 fully saturated rings. The Morgan fingerprint density at radius 3 is 1.99 bits per heavy atom. The van der Waals surface area contributed by atoms with Crippen molar-refractivity contribution in [3.05, 3.63) is 77.9 Å². The summed E-state index contributed by atoms with van der Waals surface area (Å²) in [7, 11) is 1.69. The topological polar surface area (TPSA) is 433 Å². The number of ether oxygens (including phenoxy) is 3. The largest absolute Gasteiger partial charge is 0.504 e. The number of nitrogens with two attached hydrogens (primary N) is 2. The molecular formula is C60H83N11O17S. The van der Waals surface area contributed by atoms with E-state index < -0.39 is 152 Å². The van der Waals surface area contributed by atoms with E-state index in [9.17, 15) is 69.3 Å². The van der Waals surface area contributed by atoms with Crippen LogP contribution in [0.4, 0.5) is 0 Å². The number of aromatic nitrogens is 2. The molecule has 7 amide bonds. The summed E-state index contributed by atoms with van der Waals surface area (Å²) in [5.41, 5.74) is 13.1. The zero-order chi connectivity index (χ0) is 64.5. The molecule has 1 unspecified atom stereocenters. The van der Waals surface area contributed by atoms with E-state index in [1.54, 1.807) is 19.2 Å². The quantitative estimate of drug-likeness (QED) is 0.0364. The van der Waals surface area contributed by atoms with E-state index in [0.29, 0.717) is 28.6 Å². The number of hydrogen-bond acceptors (Lipinski definition) is 22. The Balaban J connectivity index is 1.15. The van der Waals surface area contributed by atoms with Crippen LogP contribution in [0.3, 0.4) is 0 Å². The SMILES string of the molecule is COCCCCCCOc1ccc(-c2nnc(-c3ccc(C(=O)NC4C[C@@H](O)CNC(=O)[C@@H]5[C@@H](O)[C@@H](C)CN5C(=O)[C@H]([C@H](O)CCN)NC(=O)[C@H]([C@H](O)Cc5ccc(O)c(OCCCN)c5)NC(=O)[C@@H]5C[C@@H](O)CN5C(=O)[C@H]([C@@H](C)O)NC4=O)cc3)s2)cc1. The summed E-state index contributed by atoms with van der Waals surface area (Å²) in [6.07, 6.45) is -7.40. The highest BCUT2D eigenvalue weighted by Gasteiger charge is 2.50. The number of carbonyl (C=O) groups excluding carboxylic acids is 7. The van der Waals surface area contributed by atoms with Crippen LogP contribution in [0.2, 0.25) is 0 Å². The van der Waals surface area contributed by atoms with Gasteiger partial charge < -0.3 is 97.8 Å². The molecule has 0 spiro atoms. The summed E-state index contributed by atoms with van der Waals surface area (Å²) in [5, 5.41) is 101. The Kier molecular flexibility index (Phi) is 25.5. The third kappa shape index (κ3) is 18.4. The minimum absolute atomic E-state index is 0.00286. The van der Waals surface area contributed by atoms with Crippen molar-refractivity contribution in [2.75, 3.05) is 59.7 Å². The van der Waals surface area contributed by atoms with Crippen LogP contribution in [0.15, 0.2) is 66.7 Å². The lowest BCUT2D eigenvalue weighted by molar-refractivity contribution is -0.147. The van der Waals surface area contributed by atoms with Gasteiger partial charge in [0.15, 0.2) is 11.5 Å². The summed E-state index contributed by atoms with van der Waals surface area (Å²) in [4.78, 5) is 103. The fourth-order valence-corrected chi connectivity index (χ4v) is 11.6. The molecule has 16 N–H and O–H groups in total. The molecule has 28 nitrogen and oxygen atoms in total. The first kappa shape index (κ1) is 69.0. The molecule has 0 aliphatic carbocycles. The van der Waals surface area contributed by atoms with Crippen molar-refractivity contribution >= 4 is 52.7 Å². The van der Waals surface area contributed by atoms with Gasteiger partial charge in [0.1, 0.15) is 52.0 Å². The molecule has 0 radical (unpaired) electrons. The predicted molar refractivity (Wildman–Crippen MR) is 322 cm³/mol. The molecule has 3 aliphatic rings. The van der Waals surface area contributed by atoms with Crippen molar-refractivity contribution < 1.29 is 83.5 Å². The molecule has 1 aromatic heterocycles. The van der Waals surface area contributed by atoms with Gasteiger partial charge in [-0.05, 0) is 106 Å². The van der Waals surface area contributed by atoms with Crippen molar-refractivity contribution in [1.29, 1.82) is 0 Å². The van der Waals surface area contributed by atoms with Gasteiger partial charge >= 0.3 is 0 Å². The second-order valence-corrected chi connectivity index (χ2v) is 23.6. The number of hydrogen-bond donors (Lipinski definition) is 14. The predicted octanol–water partition coefficient (Wildman–Crippen LogP) is -1.81. The number of phenols is 1. The highest BCUT2D eigenvalue weighted by atomic mass is 32.1. The highest BCUT2D eigenvalue weighted by molar-refractivity contribution is 7.17. The lowest BCUT2D eigenvalue weighted by Gasteiger charge is -2.34. The van der Waals surface area contributed by atoms with E-state index in [0.717, 1.165) is 60.3 Å². The maximum Gasteiger partial charge on any atom is 0.251 e. The van der Waals surface area contributed by atoms with Gasteiger partial charge in [-0.15, -0.1) is 10.2 Å². The van der Waals surface area contributed by atoms with Crippen LogP contribution in [0.1, 0.15) is 81.1 Å². The molecule has 7 rings (SSSR count). The van der Waals surface area contributed by atoms with Crippen LogP contribution in [-0.4, -0.2) is 230 Å². The molecule has 3 aliphatic heterocycles. The molecule has 4 heterocycles. The number of phenolic OH excluding ortho intramolecular Hbond substituents is 1. The Morgan fingerprint density at radius 2 is 1.34 bits per heavy atom. The Morgan fingerprint density at radius 1 is 0.708 bits per heavy atom. The number of β-amino-alcohol motifs (C(OH)–C–C–N with tert-alkyl or cyclic N) is 1. The Labute approximate surface area is 518 Å². The van der Waals surface area contributed by atoms with Gasteiger partial charge in [-0.2, -0.15) is 0 Å². The fourth-order valence-electron chi connectivity index (χ4n) is 10.7. The Bertz CT molecular complexity index is 3030. The maximum absolute atomic E-state index is 14.7. The molecule has 89 heavy (non-hydrogen) atoms. The van der Waals surface area contributed by atoms with E-state index in [2.05, 4.69) is 36.8 Å². The molecule has 13 atom stereocenters. The van der Waals surface area contributed by atoms with Crippen LogP contribution in [-0.2, 0) is 39.9 Å². The number of nitrogens with one attached hydrogen (secondary N) is 5. The van der Waals surface area contributed by atoms with Crippen LogP contribution in [0, 0.1) is 5.92 Å². The average molecular weight is 1260 g/mol. The summed E-state index contributed by atoms with van der Waals surface area (Å²) in [6.45, 7) is 2.71. The van der Waals surface area contributed by atoms with Crippen molar-refractivity contribution in [3.63, 3.8) is 0 Å². The van der Waals surface area contributed by atoms with Crippen molar-refractivity contribution in [2.45, 2.75) is 145 Å². The van der Waals surface area contributed by atoms with Gasteiger partial charge in [-0.1, -0.05) is 42.9 Å². The van der Waals surface area contributed by atoms with Gasteiger partial charge in [0.25, 0.3) is 5.91 Å². The number of nitrogens with zero attached hydrogens (tertiary/aromatic N) is 4. The van der Waals surface area contributed by atoms with E-state index >= 15 is 0 Å². The molecule has 3 aromatic carbocycles. The number of fused-ring (bicyclic) bond motifs is 2. The summed E-state index contributed by atoms with van der Waals surface area (Å²) in [6, 6.07) is 6.71. The first-order valence-corrected chi connectivity index (χ1v) is 30.6. The first-order valence-electron chi connectivity index (χ1n) is 29.8. The molecule has 0 bridgehead atoms. The highest BCUT2D eigenvalue weighted by Crippen LogP contribution is 2.33. The number of methoxy groups -OCH3 is 1. The monoisotopic (exact) mass is 1260 g/mol. The van der Waals surface area contributed by atoms with Crippen molar-refractivity contribution in [3.8, 4) is 38.4 Å². The lowest BCUT2D eigenvalue weighted by Crippen LogP contribution is -2.64. The summed E-state index contributed by atoms with van der Waals surface area (Å²) < 4.78 is 16.7. The van der Waals surface area contributed by atoms with Crippen LogP contribution in [0.25, 0.3) is 21.1 Å². The van der Waals surface area contributed by atoms with E-state index in [4.69, 9.17) is 25.7 Å².